The Labute approximate surface area is 76.9 Å². The minimum atomic E-state index is -0.158. The first kappa shape index (κ1) is 8.51. The fourth-order valence-corrected chi connectivity index (χ4v) is 1.78. The highest BCUT2D eigenvalue weighted by Gasteiger charge is 2.19. The lowest BCUT2D eigenvalue weighted by Crippen LogP contribution is -2.19. The number of nitrogens with one attached hydrogen (secondary N) is 1. The molecule has 0 bridgehead atoms. The van der Waals surface area contributed by atoms with Crippen molar-refractivity contribution < 1.29 is 4.39 Å². The Kier molecular flexibility index (Phi) is 2.19. The molecular weight excluding hydrogens is 167 g/mol. The van der Waals surface area contributed by atoms with Crippen LogP contribution in [0.2, 0.25) is 0 Å². The molecule has 1 heterocycles. The predicted molar refractivity (Wildman–Crippen MR) is 51.2 cm³/mol. The summed E-state index contributed by atoms with van der Waals surface area (Å²) in [7, 11) is 0. The summed E-state index contributed by atoms with van der Waals surface area (Å²) < 4.78 is 12.8. The third kappa shape index (κ3) is 1.65. The lowest BCUT2D eigenvalue weighted by Gasteiger charge is -2.08. The smallest absolute Gasteiger partial charge is 0.123 e. The summed E-state index contributed by atoms with van der Waals surface area (Å²) in [6.07, 6.45) is 1.83. The lowest BCUT2D eigenvalue weighted by atomic mass is 10.1. The van der Waals surface area contributed by atoms with Crippen molar-refractivity contribution in [2.45, 2.75) is 18.9 Å². The molecule has 0 amide bonds. The second kappa shape index (κ2) is 3.34. The van der Waals surface area contributed by atoms with Crippen LogP contribution in [-0.4, -0.2) is 12.6 Å². The standard InChI is InChI=1S/C10H13FN2/c11-8-1-2-10-7(5-8)6-9(13-10)3-4-12/h1-2,5,9,13H,3-4,6,12H2. The molecule has 70 valence electrons. The van der Waals surface area contributed by atoms with Gasteiger partial charge in [0.05, 0.1) is 0 Å². The topological polar surface area (TPSA) is 38.0 Å². The summed E-state index contributed by atoms with van der Waals surface area (Å²) in [5, 5.41) is 3.32. The van der Waals surface area contributed by atoms with Gasteiger partial charge < -0.3 is 11.1 Å². The minimum Gasteiger partial charge on any atom is -0.382 e. The Morgan fingerprint density at radius 3 is 3.15 bits per heavy atom. The predicted octanol–water partition coefficient (Wildman–Crippen LogP) is 1.51. The van der Waals surface area contributed by atoms with Crippen LogP contribution >= 0.6 is 0 Å². The summed E-state index contributed by atoms with van der Waals surface area (Å²) in [6, 6.07) is 5.26. The number of rotatable bonds is 2. The van der Waals surface area contributed by atoms with E-state index < -0.39 is 0 Å². The molecule has 3 N–H and O–H groups in total. The van der Waals surface area contributed by atoms with Gasteiger partial charge in [-0.25, -0.2) is 4.39 Å². The largest absolute Gasteiger partial charge is 0.382 e. The van der Waals surface area contributed by atoms with Crippen molar-refractivity contribution in [3.8, 4) is 0 Å². The third-order valence-electron chi connectivity index (χ3n) is 2.41. The highest BCUT2D eigenvalue weighted by Crippen LogP contribution is 2.27. The molecule has 1 aliphatic rings. The minimum absolute atomic E-state index is 0.158. The molecule has 0 spiro atoms. The van der Waals surface area contributed by atoms with Crippen LogP contribution in [0.3, 0.4) is 0 Å². The van der Waals surface area contributed by atoms with Crippen molar-refractivity contribution in [1.29, 1.82) is 0 Å². The Morgan fingerprint density at radius 1 is 1.54 bits per heavy atom. The Hall–Kier alpha value is -1.09. The van der Waals surface area contributed by atoms with E-state index in [9.17, 15) is 4.39 Å². The van der Waals surface area contributed by atoms with E-state index in [2.05, 4.69) is 5.32 Å². The van der Waals surface area contributed by atoms with Gasteiger partial charge in [0.25, 0.3) is 0 Å². The van der Waals surface area contributed by atoms with Gasteiger partial charge in [-0.1, -0.05) is 0 Å². The second-order valence-electron chi connectivity index (χ2n) is 3.42. The van der Waals surface area contributed by atoms with Crippen molar-refractivity contribution in [3.05, 3.63) is 29.6 Å². The van der Waals surface area contributed by atoms with E-state index in [-0.39, 0.29) is 5.82 Å². The number of benzene rings is 1. The third-order valence-corrected chi connectivity index (χ3v) is 2.41. The molecule has 1 atom stereocenters. The highest BCUT2D eigenvalue weighted by molar-refractivity contribution is 5.56. The Balaban J connectivity index is 2.16. The zero-order valence-corrected chi connectivity index (χ0v) is 7.39. The second-order valence-corrected chi connectivity index (χ2v) is 3.42. The Bertz CT molecular complexity index is 312. The number of halogens is 1. The average molecular weight is 180 g/mol. The first-order valence-corrected chi connectivity index (χ1v) is 4.54. The van der Waals surface area contributed by atoms with Gasteiger partial charge in [0, 0.05) is 11.7 Å². The highest BCUT2D eigenvalue weighted by atomic mass is 19.1. The number of fused-ring (bicyclic) bond motifs is 1. The molecule has 0 aliphatic carbocycles. The molecule has 2 rings (SSSR count). The van der Waals surface area contributed by atoms with Crippen LogP contribution in [0.5, 0.6) is 0 Å². The van der Waals surface area contributed by atoms with Crippen LogP contribution in [0.4, 0.5) is 10.1 Å². The maximum atomic E-state index is 12.8. The van der Waals surface area contributed by atoms with Crippen LogP contribution < -0.4 is 11.1 Å². The fourth-order valence-electron chi connectivity index (χ4n) is 1.78. The summed E-state index contributed by atoms with van der Waals surface area (Å²) in [5.41, 5.74) is 7.58. The summed E-state index contributed by atoms with van der Waals surface area (Å²) in [4.78, 5) is 0. The van der Waals surface area contributed by atoms with E-state index in [4.69, 9.17) is 5.73 Å². The van der Waals surface area contributed by atoms with Gasteiger partial charge in [-0.2, -0.15) is 0 Å². The maximum absolute atomic E-state index is 12.8. The molecule has 2 nitrogen and oxygen atoms in total. The van der Waals surface area contributed by atoms with Crippen molar-refractivity contribution in [1.82, 2.24) is 0 Å². The number of hydrogen-bond donors (Lipinski definition) is 2. The summed E-state index contributed by atoms with van der Waals surface area (Å²) in [6.45, 7) is 0.675. The number of nitrogens with two attached hydrogens (primary N) is 1. The Morgan fingerprint density at radius 2 is 2.38 bits per heavy atom. The van der Waals surface area contributed by atoms with E-state index in [1.165, 1.54) is 6.07 Å². The molecule has 0 saturated carbocycles. The van der Waals surface area contributed by atoms with E-state index in [1.807, 2.05) is 0 Å². The van der Waals surface area contributed by atoms with Gasteiger partial charge in [-0.15, -0.1) is 0 Å². The first-order valence-electron chi connectivity index (χ1n) is 4.54. The van der Waals surface area contributed by atoms with Crippen molar-refractivity contribution in [3.63, 3.8) is 0 Å². The molecule has 0 fully saturated rings. The molecule has 0 radical (unpaired) electrons. The molecule has 1 aromatic rings. The van der Waals surface area contributed by atoms with Gasteiger partial charge in [0.15, 0.2) is 0 Å². The zero-order valence-electron chi connectivity index (χ0n) is 7.39. The summed E-state index contributed by atoms with van der Waals surface area (Å²) in [5.74, 6) is -0.158. The van der Waals surface area contributed by atoms with Gasteiger partial charge in [-0.3, -0.25) is 0 Å². The quantitative estimate of drug-likeness (QED) is 0.724. The SMILES string of the molecule is NCCC1Cc2cc(F)ccc2N1. The number of hydrogen-bond acceptors (Lipinski definition) is 2. The van der Waals surface area contributed by atoms with Crippen LogP contribution in [0, 0.1) is 5.82 Å². The average Bonchev–Trinajstić information content (AvgIpc) is 2.46. The van der Waals surface area contributed by atoms with E-state index >= 15 is 0 Å². The molecule has 1 aliphatic heterocycles. The number of anilines is 1. The molecular formula is C10H13FN2. The van der Waals surface area contributed by atoms with Crippen LogP contribution in [0.1, 0.15) is 12.0 Å². The molecule has 3 heteroatoms. The van der Waals surface area contributed by atoms with Crippen LogP contribution in [-0.2, 0) is 6.42 Å². The van der Waals surface area contributed by atoms with E-state index in [0.717, 1.165) is 24.1 Å². The molecule has 0 aromatic heterocycles. The van der Waals surface area contributed by atoms with Gasteiger partial charge >= 0.3 is 0 Å². The monoisotopic (exact) mass is 180 g/mol. The van der Waals surface area contributed by atoms with Gasteiger partial charge in [0.1, 0.15) is 5.82 Å². The van der Waals surface area contributed by atoms with Crippen LogP contribution in [0.25, 0.3) is 0 Å². The molecule has 0 saturated heterocycles. The normalized spacial score (nSPS) is 19.7. The van der Waals surface area contributed by atoms with Crippen molar-refractivity contribution >= 4 is 5.69 Å². The maximum Gasteiger partial charge on any atom is 0.123 e. The zero-order chi connectivity index (χ0) is 9.26. The summed E-state index contributed by atoms with van der Waals surface area (Å²) >= 11 is 0. The van der Waals surface area contributed by atoms with Crippen molar-refractivity contribution in [2.24, 2.45) is 5.73 Å². The van der Waals surface area contributed by atoms with Gasteiger partial charge in [-0.05, 0) is 43.1 Å². The molecule has 1 unspecified atom stereocenters. The van der Waals surface area contributed by atoms with Crippen LogP contribution in [0.15, 0.2) is 18.2 Å². The van der Waals surface area contributed by atoms with Gasteiger partial charge in [0.2, 0.25) is 0 Å². The molecule has 1 aromatic carbocycles. The lowest BCUT2D eigenvalue weighted by molar-refractivity contribution is 0.625. The first-order chi connectivity index (χ1) is 6.29. The molecule has 13 heavy (non-hydrogen) atoms. The van der Waals surface area contributed by atoms with E-state index in [1.54, 1.807) is 12.1 Å². The fraction of sp³-hybridized carbons (Fsp3) is 0.400. The van der Waals surface area contributed by atoms with Crippen molar-refractivity contribution in [2.75, 3.05) is 11.9 Å². The van der Waals surface area contributed by atoms with E-state index in [0.29, 0.717) is 12.6 Å².